The maximum Gasteiger partial charge on any atom is 0.289 e. The Morgan fingerprint density at radius 1 is 1.08 bits per heavy atom. The van der Waals surface area contributed by atoms with Gasteiger partial charge in [0.2, 0.25) is 10.0 Å². The Balaban J connectivity index is 1.92. The van der Waals surface area contributed by atoms with Crippen LogP contribution in [0.15, 0.2) is 63.3 Å². The van der Waals surface area contributed by atoms with Crippen LogP contribution in [0.1, 0.15) is 5.56 Å². The van der Waals surface area contributed by atoms with E-state index in [1.807, 2.05) is 0 Å². The van der Waals surface area contributed by atoms with Gasteiger partial charge < -0.3 is 10.4 Å². The van der Waals surface area contributed by atoms with Crippen molar-refractivity contribution < 1.29 is 18.3 Å². The predicted octanol–water partition coefficient (Wildman–Crippen LogP) is 2.57. The van der Waals surface area contributed by atoms with Crippen LogP contribution in [0.3, 0.4) is 0 Å². The Hall–Kier alpha value is -2.62. The van der Waals surface area contributed by atoms with Crippen LogP contribution in [-0.4, -0.2) is 24.6 Å². The van der Waals surface area contributed by atoms with E-state index in [9.17, 15) is 18.3 Å². The molecule has 1 aliphatic heterocycles. The number of sulfonamides is 1. The second kappa shape index (κ2) is 6.71. The zero-order valence-electron chi connectivity index (χ0n) is 12.7. The summed E-state index contributed by atoms with van der Waals surface area (Å²) in [5.74, 6) is 0.519. The van der Waals surface area contributed by atoms with Crippen molar-refractivity contribution in [3.8, 4) is 5.75 Å². The molecule has 0 aromatic heterocycles. The number of phenols is 1. The van der Waals surface area contributed by atoms with Crippen molar-refractivity contribution in [2.45, 2.75) is 4.90 Å². The number of nitrogens with one attached hydrogen (secondary N) is 1. The van der Waals surface area contributed by atoms with E-state index in [0.717, 1.165) is 17.3 Å². The molecule has 4 N–H and O–H groups in total. The molecule has 25 heavy (non-hydrogen) atoms. The molecule has 2 aromatic rings. The second-order valence-electron chi connectivity index (χ2n) is 5.11. The first-order chi connectivity index (χ1) is 11.8. The summed E-state index contributed by atoms with van der Waals surface area (Å²) in [5, 5.41) is 16.8. The lowest BCUT2D eigenvalue weighted by molar-refractivity contribution is 0.265. The summed E-state index contributed by atoms with van der Waals surface area (Å²) in [7, 11) is -3.76. The van der Waals surface area contributed by atoms with Crippen LogP contribution in [0.2, 0.25) is 0 Å². The van der Waals surface area contributed by atoms with E-state index in [2.05, 4.69) is 10.3 Å². The number of amides is 1. The summed E-state index contributed by atoms with van der Waals surface area (Å²) in [6.07, 6.45) is 1.76. The fraction of sp³-hybridized carbons (Fsp3) is 0. The van der Waals surface area contributed by atoms with Gasteiger partial charge in [-0.3, -0.25) is 4.79 Å². The van der Waals surface area contributed by atoms with Crippen LogP contribution in [0.5, 0.6) is 5.75 Å². The second-order valence-corrected chi connectivity index (χ2v) is 7.69. The van der Waals surface area contributed by atoms with Crippen molar-refractivity contribution in [3.63, 3.8) is 0 Å². The summed E-state index contributed by atoms with van der Waals surface area (Å²) in [6.45, 7) is 0. The Morgan fingerprint density at radius 2 is 1.72 bits per heavy atom. The molecule has 1 amide bonds. The molecular formula is C16H13N3O4S2. The highest BCUT2D eigenvalue weighted by atomic mass is 32.2. The van der Waals surface area contributed by atoms with E-state index in [-0.39, 0.29) is 15.9 Å². The predicted molar refractivity (Wildman–Crippen MR) is 97.1 cm³/mol. The van der Waals surface area contributed by atoms with Crippen LogP contribution < -0.4 is 10.5 Å². The molecule has 128 valence electrons. The number of aliphatic imine (C=N–C) groups is 1. The number of phenolic OH excluding ortho intramolecular Hbond substituents is 1. The number of rotatable bonds is 3. The van der Waals surface area contributed by atoms with E-state index in [1.54, 1.807) is 30.3 Å². The fourth-order valence-corrected chi connectivity index (χ4v) is 3.33. The van der Waals surface area contributed by atoms with Gasteiger partial charge in [0.1, 0.15) is 11.6 Å². The molecule has 0 radical (unpaired) electrons. The quantitative estimate of drug-likeness (QED) is 0.761. The first-order valence-corrected chi connectivity index (χ1v) is 9.39. The van der Waals surface area contributed by atoms with Crippen molar-refractivity contribution in [2.75, 3.05) is 0 Å². The standard InChI is InChI=1S/C16H13N3O4S2/c17-25(22,23)13-7-3-11(4-8-13)18-15-14(24-16(21)19-15)9-10-1-5-12(20)6-2-10/h1-9,20H,(H2,17,22,23)(H,18,19,21)/b14-9-. The van der Waals surface area contributed by atoms with Gasteiger partial charge in [-0.2, -0.15) is 0 Å². The van der Waals surface area contributed by atoms with E-state index in [1.165, 1.54) is 24.3 Å². The number of carbonyl (C=O) groups is 1. The number of hydrogen-bond acceptors (Lipinski definition) is 6. The average molecular weight is 375 g/mol. The maximum absolute atomic E-state index is 11.7. The molecule has 0 atom stereocenters. The molecule has 3 rings (SSSR count). The van der Waals surface area contributed by atoms with Crippen LogP contribution in [0.4, 0.5) is 10.5 Å². The lowest BCUT2D eigenvalue weighted by Crippen LogP contribution is -2.18. The number of aromatic hydroxyl groups is 1. The molecule has 2 aromatic carbocycles. The van der Waals surface area contributed by atoms with Gasteiger partial charge in [0.15, 0.2) is 0 Å². The van der Waals surface area contributed by atoms with Crippen molar-refractivity contribution >= 4 is 44.6 Å². The van der Waals surface area contributed by atoms with Crippen molar-refractivity contribution in [1.29, 1.82) is 0 Å². The number of nitrogens with zero attached hydrogens (tertiary/aromatic N) is 1. The van der Waals surface area contributed by atoms with Crippen LogP contribution in [0, 0.1) is 0 Å². The summed E-state index contributed by atoms with van der Waals surface area (Å²) >= 11 is 1.00. The van der Waals surface area contributed by atoms with Gasteiger partial charge in [-0.25, -0.2) is 18.5 Å². The minimum absolute atomic E-state index is 0.0128. The molecule has 0 bridgehead atoms. The first-order valence-electron chi connectivity index (χ1n) is 7.03. The average Bonchev–Trinajstić information content (AvgIpc) is 2.88. The third kappa shape index (κ3) is 4.27. The van der Waals surface area contributed by atoms with Gasteiger partial charge in [0.25, 0.3) is 5.24 Å². The van der Waals surface area contributed by atoms with Gasteiger partial charge in [-0.05, 0) is 59.8 Å². The summed E-state index contributed by atoms with van der Waals surface area (Å²) < 4.78 is 22.5. The Bertz CT molecular complexity index is 979. The zero-order chi connectivity index (χ0) is 18.0. The molecule has 7 nitrogen and oxygen atoms in total. The summed E-state index contributed by atoms with van der Waals surface area (Å²) in [6, 6.07) is 12.2. The third-order valence-corrected chi connectivity index (χ3v) is 5.00. The highest BCUT2D eigenvalue weighted by molar-refractivity contribution is 8.18. The lowest BCUT2D eigenvalue weighted by Gasteiger charge is -2.02. The van der Waals surface area contributed by atoms with Gasteiger partial charge in [-0.15, -0.1) is 0 Å². The molecule has 1 saturated heterocycles. The number of carbonyl (C=O) groups excluding carboxylic acids is 1. The summed E-state index contributed by atoms with van der Waals surface area (Å²) in [4.78, 5) is 16.6. The SMILES string of the molecule is NS(=O)(=O)c1ccc(N=C2NC(=O)S/C2=C\c2ccc(O)cc2)cc1. The number of benzene rings is 2. The molecule has 0 spiro atoms. The summed E-state index contributed by atoms with van der Waals surface area (Å²) in [5.41, 5.74) is 1.27. The van der Waals surface area contributed by atoms with Crippen molar-refractivity contribution in [1.82, 2.24) is 5.32 Å². The smallest absolute Gasteiger partial charge is 0.289 e. The molecule has 1 heterocycles. The van der Waals surface area contributed by atoms with Gasteiger partial charge >= 0.3 is 0 Å². The fourth-order valence-electron chi connectivity index (χ4n) is 2.07. The van der Waals surface area contributed by atoms with Crippen LogP contribution in [0.25, 0.3) is 6.08 Å². The van der Waals surface area contributed by atoms with Crippen molar-refractivity contribution in [3.05, 3.63) is 59.0 Å². The number of thioether (sulfide) groups is 1. The van der Waals surface area contributed by atoms with E-state index in [4.69, 9.17) is 5.14 Å². The van der Waals surface area contributed by atoms with E-state index in [0.29, 0.717) is 16.4 Å². The lowest BCUT2D eigenvalue weighted by atomic mass is 10.2. The van der Waals surface area contributed by atoms with Gasteiger partial charge in [0.05, 0.1) is 15.5 Å². The molecule has 1 fully saturated rings. The zero-order valence-corrected chi connectivity index (χ0v) is 14.3. The van der Waals surface area contributed by atoms with Gasteiger partial charge in [0, 0.05) is 0 Å². The number of hydrogen-bond donors (Lipinski definition) is 3. The molecule has 9 heteroatoms. The number of nitrogens with two attached hydrogens (primary N) is 1. The monoisotopic (exact) mass is 375 g/mol. The van der Waals surface area contributed by atoms with Gasteiger partial charge in [-0.1, -0.05) is 12.1 Å². The largest absolute Gasteiger partial charge is 0.508 e. The third-order valence-electron chi connectivity index (χ3n) is 3.25. The number of amidine groups is 1. The first kappa shape index (κ1) is 17.2. The minimum atomic E-state index is -3.76. The maximum atomic E-state index is 11.7. The normalized spacial score (nSPS) is 17.9. The molecule has 0 aliphatic carbocycles. The molecule has 0 saturated carbocycles. The Kier molecular flexibility index (Phi) is 4.62. The van der Waals surface area contributed by atoms with Crippen LogP contribution in [-0.2, 0) is 10.0 Å². The highest BCUT2D eigenvalue weighted by Gasteiger charge is 2.23. The minimum Gasteiger partial charge on any atom is -0.508 e. The molecule has 1 aliphatic rings. The number of primary sulfonamides is 1. The van der Waals surface area contributed by atoms with E-state index < -0.39 is 10.0 Å². The topological polar surface area (TPSA) is 122 Å². The van der Waals surface area contributed by atoms with E-state index >= 15 is 0 Å². The molecule has 0 unspecified atom stereocenters. The molecular weight excluding hydrogens is 362 g/mol. The Labute approximate surface area is 148 Å². The van der Waals surface area contributed by atoms with Crippen LogP contribution >= 0.6 is 11.8 Å². The highest BCUT2D eigenvalue weighted by Crippen LogP contribution is 2.29. The van der Waals surface area contributed by atoms with Crippen molar-refractivity contribution in [2.24, 2.45) is 10.1 Å². The Morgan fingerprint density at radius 3 is 2.32 bits per heavy atom.